The quantitative estimate of drug-likeness (QED) is 0.760. The Labute approximate surface area is 133 Å². The van der Waals surface area contributed by atoms with E-state index in [1.165, 1.54) is 18.9 Å². The lowest BCUT2D eigenvalue weighted by Crippen LogP contribution is -2.25. The van der Waals surface area contributed by atoms with E-state index in [2.05, 4.69) is 24.8 Å². The summed E-state index contributed by atoms with van der Waals surface area (Å²) in [6.07, 6.45) is 0. The summed E-state index contributed by atoms with van der Waals surface area (Å²) in [6.45, 7) is 3.19. The number of aromatic nitrogens is 5. The predicted molar refractivity (Wildman–Crippen MR) is 79.6 cm³/mol. The highest BCUT2D eigenvalue weighted by molar-refractivity contribution is 7.89. The van der Waals surface area contributed by atoms with Crippen LogP contribution in [-0.2, 0) is 23.6 Å². The van der Waals surface area contributed by atoms with E-state index in [0.717, 1.165) is 0 Å². The molecule has 2 aromatic rings. The van der Waals surface area contributed by atoms with Crippen molar-refractivity contribution in [1.29, 1.82) is 0 Å². The number of ether oxygens (including phenoxy) is 2. The van der Waals surface area contributed by atoms with Gasteiger partial charge in [-0.15, -0.1) is 4.98 Å². The smallest absolute Gasteiger partial charge is 0.322 e. The molecular weight excluding hydrogens is 324 g/mol. The van der Waals surface area contributed by atoms with Gasteiger partial charge in [0.2, 0.25) is 10.0 Å². The molecule has 0 aliphatic carbocycles. The summed E-state index contributed by atoms with van der Waals surface area (Å²) in [7, 11) is 0.718. The molecule has 0 atom stereocenters. The van der Waals surface area contributed by atoms with Crippen LogP contribution >= 0.6 is 0 Å². The van der Waals surface area contributed by atoms with E-state index in [1.54, 1.807) is 20.9 Å². The van der Waals surface area contributed by atoms with Crippen molar-refractivity contribution in [3.05, 3.63) is 17.2 Å². The second-order valence-corrected chi connectivity index (χ2v) is 6.38. The maximum atomic E-state index is 12.5. The molecule has 0 amide bonds. The Morgan fingerprint density at radius 3 is 2.09 bits per heavy atom. The Balaban J connectivity index is 2.26. The van der Waals surface area contributed by atoms with E-state index < -0.39 is 10.0 Å². The summed E-state index contributed by atoms with van der Waals surface area (Å²) in [4.78, 5) is 11.9. The van der Waals surface area contributed by atoms with Gasteiger partial charge in [-0.25, -0.2) is 13.1 Å². The van der Waals surface area contributed by atoms with Crippen molar-refractivity contribution in [2.75, 3.05) is 14.2 Å². The van der Waals surface area contributed by atoms with Crippen LogP contribution in [0.15, 0.2) is 4.90 Å². The molecule has 0 radical (unpaired) electrons. The first kappa shape index (κ1) is 17.1. The summed E-state index contributed by atoms with van der Waals surface area (Å²) in [6, 6.07) is 0.0829. The first-order valence-electron chi connectivity index (χ1n) is 6.61. The van der Waals surface area contributed by atoms with Crippen LogP contribution in [0.4, 0.5) is 0 Å². The summed E-state index contributed by atoms with van der Waals surface area (Å²) >= 11 is 0. The minimum Gasteiger partial charge on any atom is -0.467 e. The summed E-state index contributed by atoms with van der Waals surface area (Å²) < 4.78 is 38.7. The lowest BCUT2D eigenvalue weighted by atomic mass is 10.4. The van der Waals surface area contributed by atoms with Crippen molar-refractivity contribution >= 4 is 10.0 Å². The minimum atomic E-state index is -3.75. The average Bonchev–Trinajstić information content (AvgIpc) is 2.78. The molecule has 1 N–H and O–H groups in total. The monoisotopic (exact) mass is 342 g/mol. The second kappa shape index (κ2) is 6.46. The van der Waals surface area contributed by atoms with Crippen molar-refractivity contribution in [3.63, 3.8) is 0 Å². The molecule has 0 bridgehead atoms. The Kier molecular flexibility index (Phi) is 4.80. The fraction of sp³-hybridized carbons (Fsp3) is 0.500. The SMILES string of the molecule is COc1nc(CNS(=O)(=O)c2c(C)nn(C)c2C)nc(OC)n1. The van der Waals surface area contributed by atoms with Crippen LogP contribution in [-0.4, -0.2) is 47.4 Å². The standard InChI is InChI=1S/C12H18N6O4S/c1-7-10(8(2)18(3)17-7)23(19,20)13-6-9-14-11(21-4)16-12(15-9)22-5/h13H,6H2,1-5H3. The topological polar surface area (TPSA) is 121 Å². The van der Waals surface area contributed by atoms with Crippen LogP contribution in [0.3, 0.4) is 0 Å². The van der Waals surface area contributed by atoms with Crippen LogP contribution in [0.5, 0.6) is 12.0 Å². The van der Waals surface area contributed by atoms with Gasteiger partial charge in [0, 0.05) is 7.05 Å². The van der Waals surface area contributed by atoms with Crippen molar-refractivity contribution in [2.45, 2.75) is 25.3 Å². The van der Waals surface area contributed by atoms with Crippen molar-refractivity contribution in [3.8, 4) is 12.0 Å². The Hall–Kier alpha value is -2.27. The Bertz CT molecular complexity index is 795. The molecule has 2 rings (SSSR count). The van der Waals surface area contributed by atoms with Crippen molar-refractivity contribution in [1.82, 2.24) is 29.5 Å². The highest BCUT2D eigenvalue weighted by Gasteiger charge is 2.24. The normalized spacial score (nSPS) is 11.5. The second-order valence-electron chi connectivity index (χ2n) is 4.67. The molecule has 0 spiro atoms. The maximum absolute atomic E-state index is 12.5. The third-order valence-corrected chi connectivity index (χ3v) is 4.79. The van der Waals surface area contributed by atoms with Gasteiger partial charge in [0.15, 0.2) is 5.82 Å². The molecule has 0 saturated carbocycles. The van der Waals surface area contributed by atoms with Gasteiger partial charge in [-0.3, -0.25) is 4.68 Å². The molecular formula is C12H18N6O4S. The van der Waals surface area contributed by atoms with Gasteiger partial charge in [-0.05, 0) is 13.8 Å². The van der Waals surface area contributed by atoms with E-state index >= 15 is 0 Å². The summed E-state index contributed by atoms with van der Waals surface area (Å²) in [5.41, 5.74) is 0.962. The summed E-state index contributed by atoms with van der Waals surface area (Å²) in [5.74, 6) is 0.177. The molecule has 0 unspecified atom stereocenters. The van der Waals surface area contributed by atoms with E-state index in [4.69, 9.17) is 9.47 Å². The van der Waals surface area contributed by atoms with Gasteiger partial charge in [0.05, 0.1) is 32.2 Å². The molecule has 0 aliphatic heterocycles. The number of aryl methyl sites for hydroxylation is 2. The van der Waals surface area contributed by atoms with Crippen LogP contribution in [0.2, 0.25) is 0 Å². The zero-order valence-electron chi connectivity index (χ0n) is 13.5. The lowest BCUT2D eigenvalue weighted by Gasteiger charge is -2.08. The number of rotatable bonds is 6. The fourth-order valence-electron chi connectivity index (χ4n) is 2.01. The number of sulfonamides is 1. The van der Waals surface area contributed by atoms with Crippen LogP contribution in [0.25, 0.3) is 0 Å². The molecule has 0 aromatic carbocycles. The molecule has 0 aliphatic rings. The van der Waals surface area contributed by atoms with Crippen molar-refractivity contribution in [2.24, 2.45) is 7.05 Å². The number of nitrogens with one attached hydrogen (secondary N) is 1. The molecule has 0 saturated heterocycles. The first-order chi connectivity index (χ1) is 10.8. The van der Waals surface area contributed by atoms with Gasteiger partial charge in [0.1, 0.15) is 4.90 Å². The number of methoxy groups -OCH3 is 2. The van der Waals surface area contributed by atoms with Crippen LogP contribution in [0, 0.1) is 13.8 Å². The molecule has 11 heteroatoms. The first-order valence-corrected chi connectivity index (χ1v) is 8.09. The van der Waals surface area contributed by atoms with E-state index in [1.807, 2.05) is 0 Å². The van der Waals surface area contributed by atoms with Gasteiger partial charge in [-0.2, -0.15) is 15.1 Å². The average molecular weight is 342 g/mol. The molecule has 23 heavy (non-hydrogen) atoms. The maximum Gasteiger partial charge on any atom is 0.322 e. The zero-order valence-corrected chi connectivity index (χ0v) is 14.3. The van der Waals surface area contributed by atoms with E-state index in [0.29, 0.717) is 11.4 Å². The zero-order chi connectivity index (χ0) is 17.2. The predicted octanol–water partition coefficient (Wildman–Crippen LogP) is -0.282. The largest absolute Gasteiger partial charge is 0.467 e. The summed E-state index contributed by atoms with van der Waals surface area (Å²) in [5, 5.41) is 4.10. The van der Waals surface area contributed by atoms with Crippen molar-refractivity contribution < 1.29 is 17.9 Å². The Morgan fingerprint density at radius 1 is 1.09 bits per heavy atom. The molecule has 0 fully saturated rings. The van der Waals surface area contributed by atoms with Gasteiger partial charge < -0.3 is 9.47 Å². The minimum absolute atomic E-state index is 0.0415. The third-order valence-electron chi connectivity index (χ3n) is 3.14. The van der Waals surface area contributed by atoms with Gasteiger partial charge in [-0.1, -0.05) is 0 Å². The molecule has 2 aromatic heterocycles. The highest BCUT2D eigenvalue weighted by atomic mass is 32.2. The Morgan fingerprint density at radius 2 is 1.65 bits per heavy atom. The van der Waals surface area contributed by atoms with E-state index in [-0.39, 0.29) is 29.3 Å². The number of hydrogen-bond donors (Lipinski definition) is 1. The number of nitrogens with zero attached hydrogens (tertiary/aromatic N) is 5. The number of hydrogen-bond acceptors (Lipinski definition) is 8. The lowest BCUT2D eigenvalue weighted by molar-refractivity contribution is 0.336. The third kappa shape index (κ3) is 3.56. The molecule has 2 heterocycles. The van der Waals surface area contributed by atoms with E-state index in [9.17, 15) is 8.42 Å². The van der Waals surface area contributed by atoms with Gasteiger partial charge in [0.25, 0.3) is 0 Å². The molecule has 126 valence electrons. The van der Waals surface area contributed by atoms with Crippen LogP contribution < -0.4 is 14.2 Å². The fourth-order valence-corrected chi connectivity index (χ4v) is 3.43. The molecule has 10 nitrogen and oxygen atoms in total. The highest BCUT2D eigenvalue weighted by Crippen LogP contribution is 2.18. The van der Waals surface area contributed by atoms with Gasteiger partial charge >= 0.3 is 12.0 Å². The van der Waals surface area contributed by atoms with Crippen LogP contribution in [0.1, 0.15) is 17.2 Å².